The molecule has 0 bridgehead atoms. The van der Waals surface area contributed by atoms with E-state index in [2.05, 4.69) is 10.3 Å². The molecule has 0 saturated carbocycles. The van der Waals surface area contributed by atoms with Gasteiger partial charge in [0.05, 0.1) is 23.2 Å². The van der Waals surface area contributed by atoms with Crippen LogP contribution in [0.15, 0.2) is 79.0 Å². The van der Waals surface area contributed by atoms with Crippen molar-refractivity contribution in [3.63, 3.8) is 0 Å². The third-order valence-corrected chi connectivity index (χ3v) is 8.01. The van der Waals surface area contributed by atoms with Crippen molar-refractivity contribution in [2.24, 2.45) is 5.73 Å². The number of rotatable bonds is 9. The molecule has 1 amide bonds. The molecule has 4 N–H and O–H groups in total. The fourth-order valence-corrected chi connectivity index (χ4v) is 5.98. The molecule has 3 unspecified atom stereocenters. The maximum atomic E-state index is 14.3. The number of fused-ring (bicyclic) bond motifs is 1. The van der Waals surface area contributed by atoms with Gasteiger partial charge in [-0.05, 0) is 30.2 Å². The van der Waals surface area contributed by atoms with Crippen molar-refractivity contribution in [1.82, 2.24) is 15.2 Å². The van der Waals surface area contributed by atoms with Crippen molar-refractivity contribution < 1.29 is 40.7 Å². The van der Waals surface area contributed by atoms with Crippen LogP contribution in [0.2, 0.25) is 0 Å². The van der Waals surface area contributed by atoms with Crippen LogP contribution in [-0.4, -0.2) is 58.6 Å². The highest BCUT2D eigenvalue weighted by atomic mass is 19.4. The van der Waals surface area contributed by atoms with E-state index in [0.29, 0.717) is 5.56 Å². The maximum absolute atomic E-state index is 14.3. The number of nitrogens with zero attached hydrogens (tertiary/aromatic N) is 1. The zero-order valence-electron chi connectivity index (χ0n) is 23.6. The van der Waals surface area contributed by atoms with Crippen molar-refractivity contribution in [2.45, 2.75) is 43.3 Å². The summed E-state index contributed by atoms with van der Waals surface area (Å²) in [5, 5.41) is 3.88. The number of amides is 1. The van der Waals surface area contributed by atoms with Crippen LogP contribution in [0.25, 0.3) is 10.9 Å². The molecule has 0 radical (unpaired) electrons. The molecule has 1 fully saturated rings. The molecule has 7 nitrogen and oxygen atoms in total. The molecule has 4 aromatic rings. The topological polar surface area (TPSA) is 108 Å². The summed E-state index contributed by atoms with van der Waals surface area (Å²) < 4.78 is 83.9. The Morgan fingerprint density at radius 1 is 0.800 bits per heavy atom. The number of Topliss-reactive ketones (excluding diaryl/α,β-unsaturated/α-hetero) is 2. The number of ketones is 2. The Hall–Kier alpha value is -4.49. The zero-order chi connectivity index (χ0) is 32.5. The highest BCUT2D eigenvalue weighted by Crippen LogP contribution is 2.36. The first kappa shape index (κ1) is 31.9. The lowest BCUT2D eigenvalue weighted by atomic mass is 9.85. The molecule has 3 aromatic carbocycles. The fourth-order valence-electron chi connectivity index (χ4n) is 5.98. The summed E-state index contributed by atoms with van der Waals surface area (Å²) in [5.41, 5.74) is 3.14. The van der Waals surface area contributed by atoms with E-state index in [1.54, 1.807) is 12.3 Å². The van der Waals surface area contributed by atoms with Crippen LogP contribution >= 0.6 is 0 Å². The van der Waals surface area contributed by atoms with Gasteiger partial charge in [0, 0.05) is 53.8 Å². The van der Waals surface area contributed by atoms with E-state index in [4.69, 9.17) is 5.73 Å². The van der Waals surface area contributed by atoms with Gasteiger partial charge >= 0.3 is 12.4 Å². The van der Waals surface area contributed by atoms with E-state index < -0.39 is 76.6 Å². The Labute approximate surface area is 253 Å². The molecule has 1 aromatic heterocycles. The summed E-state index contributed by atoms with van der Waals surface area (Å²) in [6, 6.07) is 11.7. The fraction of sp³-hybridized carbons (Fsp3) is 0.281. The van der Waals surface area contributed by atoms with E-state index in [0.717, 1.165) is 47.3 Å². The molecule has 45 heavy (non-hydrogen) atoms. The number of primary amides is 1. The van der Waals surface area contributed by atoms with Crippen LogP contribution in [0.4, 0.5) is 26.3 Å². The SMILES string of the molecule is NC(=O)CCN1C(C(=O)c2ccccc2C(F)(F)F)CNC(Cc2c[nH]c3ccccc23)C1C(=O)c1ccccc1C(F)(F)F. The number of hydrogen-bond donors (Lipinski definition) is 3. The molecular weight excluding hydrogens is 602 g/mol. The van der Waals surface area contributed by atoms with Gasteiger partial charge in [0.1, 0.15) is 0 Å². The Morgan fingerprint density at radius 2 is 1.36 bits per heavy atom. The van der Waals surface area contributed by atoms with Crippen LogP contribution in [0, 0.1) is 0 Å². The van der Waals surface area contributed by atoms with Crippen molar-refractivity contribution in [3.8, 4) is 0 Å². The first-order chi connectivity index (χ1) is 21.3. The molecule has 0 aliphatic carbocycles. The second kappa shape index (κ2) is 12.5. The lowest BCUT2D eigenvalue weighted by Crippen LogP contribution is -2.68. The van der Waals surface area contributed by atoms with Crippen LogP contribution in [0.3, 0.4) is 0 Å². The quantitative estimate of drug-likeness (QED) is 0.170. The minimum atomic E-state index is -4.90. The molecule has 0 spiro atoms. The van der Waals surface area contributed by atoms with Crippen molar-refractivity contribution in [1.29, 1.82) is 0 Å². The van der Waals surface area contributed by atoms with Crippen molar-refractivity contribution in [3.05, 3.63) is 107 Å². The number of piperazine rings is 1. The van der Waals surface area contributed by atoms with Crippen LogP contribution in [0.1, 0.15) is 43.8 Å². The predicted molar refractivity (Wildman–Crippen MR) is 153 cm³/mol. The summed E-state index contributed by atoms with van der Waals surface area (Å²) in [4.78, 5) is 44.3. The molecule has 1 saturated heterocycles. The minimum Gasteiger partial charge on any atom is -0.370 e. The first-order valence-electron chi connectivity index (χ1n) is 14.0. The summed E-state index contributed by atoms with van der Waals surface area (Å²) in [7, 11) is 0. The van der Waals surface area contributed by atoms with Crippen LogP contribution in [0.5, 0.6) is 0 Å². The standard InChI is InChI=1S/C32H28F6N4O3/c33-31(34,35)22-10-4-1-8-20(22)29(44)26-17-41-25(15-18-16-40-24-12-6-3-7-19(18)24)28(42(26)14-13-27(39)43)30(45)21-9-2-5-11-23(21)32(36,37)38/h1-12,16,25-26,28,40-41H,13-15,17H2,(H2,39,43). The predicted octanol–water partition coefficient (Wildman–Crippen LogP) is 5.40. The highest BCUT2D eigenvalue weighted by molar-refractivity contribution is 6.05. The number of alkyl halides is 6. The van der Waals surface area contributed by atoms with E-state index in [9.17, 15) is 40.7 Å². The number of aromatic nitrogens is 1. The van der Waals surface area contributed by atoms with Gasteiger partial charge in [0.2, 0.25) is 5.91 Å². The molecular formula is C32H28F6N4O3. The number of carbonyl (C=O) groups excluding carboxylic acids is 3. The minimum absolute atomic E-state index is 0.0989. The van der Waals surface area contributed by atoms with Gasteiger partial charge in [-0.1, -0.05) is 54.6 Å². The molecule has 13 heteroatoms. The largest absolute Gasteiger partial charge is 0.417 e. The van der Waals surface area contributed by atoms with Gasteiger partial charge < -0.3 is 16.0 Å². The summed E-state index contributed by atoms with van der Waals surface area (Å²) in [6.45, 7) is -0.613. The molecule has 5 rings (SSSR count). The van der Waals surface area contributed by atoms with Crippen molar-refractivity contribution >= 4 is 28.4 Å². The van der Waals surface area contributed by atoms with Gasteiger partial charge in [-0.3, -0.25) is 19.3 Å². The molecule has 3 atom stereocenters. The summed E-state index contributed by atoms with van der Waals surface area (Å²) in [6.07, 6.45) is -8.40. The Morgan fingerprint density at radius 3 is 1.96 bits per heavy atom. The molecule has 1 aliphatic heterocycles. The normalized spacial score (nSPS) is 19.5. The van der Waals surface area contributed by atoms with Crippen molar-refractivity contribution in [2.75, 3.05) is 13.1 Å². The van der Waals surface area contributed by atoms with Crippen LogP contribution in [-0.2, 0) is 23.6 Å². The average Bonchev–Trinajstić information content (AvgIpc) is 3.41. The number of hydrogen-bond acceptors (Lipinski definition) is 5. The van der Waals surface area contributed by atoms with Gasteiger partial charge in [-0.15, -0.1) is 0 Å². The summed E-state index contributed by atoms with van der Waals surface area (Å²) in [5.74, 6) is -2.84. The second-order valence-corrected chi connectivity index (χ2v) is 10.8. The number of aromatic amines is 1. The maximum Gasteiger partial charge on any atom is 0.417 e. The highest BCUT2D eigenvalue weighted by Gasteiger charge is 2.47. The Kier molecular flexibility index (Phi) is 8.86. The Balaban J connectivity index is 1.63. The molecule has 1 aliphatic rings. The smallest absolute Gasteiger partial charge is 0.370 e. The number of H-pyrrole nitrogens is 1. The molecule has 236 valence electrons. The zero-order valence-corrected chi connectivity index (χ0v) is 23.6. The van der Waals surface area contributed by atoms with Gasteiger partial charge in [0.15, 0.2) is 11.6 Å². The van der Waals surface area contributed by atoms with E-state index in [1.807, 2.05) is 18.2 Å². The average molecular weight is 631 g/mol. The summed E-state index contributed by atoms with van der Waals surface area (Å²) >= 11 is 0. The van der Waals surface area contributed by atoms with Gasteiger partial charge in [-0.25, -0.2) is 0 Å². The Bertz CT molecular complexity index is 1730. The third kappa shape index (κ3) is 6.64. The number of halogens is 6. The van der Waals surface area contributed by atoms with Crippen LogP contribution < -0.4 is 11.1 Å². The van der Waals surface area contributed by atoms with E-state index in [-0.39, 0.29) is 19.5 Å². The number of para-hydroxylation sites is 1. The lowest BCUT2D eigenvalue weighted by Gasteiger charge is -2.46. The number of carbonyl (C=O) groups is 3. The second-order valence-electron chi connectivity index (χ2n) is 10.8. The number of nitrogens with two attached hydrogens (primary N) is 1. The van der Waals surface area contributed by atoms with E-state index >= 15 is 0 Å². The number of benzene rings is 3. The third-order valence-electron chi connectivity index (χ3n) is 8.01. The molecule has 2 heterocycles. The first-order valence-corrected chi connectivity index (χ1v) is 14.0. The van der Waals surface area contributed by atoms with E-state index in [1.165, 1.54) is 17.0 Å². The monoisotopic (exact) mass is 630 g/mol. The van der Waals surface area contributed by atoms with Gasteiger partial charge in [-0.2, -0.15) is 26.3 Å². The van der Waals surface area contributed by atoms with Gasteiger partial charge in [0.25, 0.3) is 0 Å². The lowest BCUT2D eigenvalue weighted by molar-refractivity contribution is -0.138. The number of nitrogens with one attached hydrogen (secondary N) is 2.